The molecule has 6 heteroatoms. The molecule has 0 aliphatic carbocycles. The van der Waals surface area contributed by atoms with Crippen LogP contribution in [0.4, 0.5) is 0 Å². The van der Waals surface area contributed by atoms with Gasteiger partial charge in [-0.2, -0.15) is 0 Å². The first-order valence-electron chi connectivity index (χ1n) is 9.70. The first kappa shape index (κ1) is 24.0. The number of hydrogen-bond acceptors (Lipinski definition) is 3. The lowest BCUT2D eigenvalue weighted by Crippen LogP contribution is -2.40. The van der Waals surface area contributed by atoms with E-state index in [1.807, 2.05) is 12.1 Å². The highest BCUT2D eigenvalue weighted by Gasteiger charge is 2.24. The lowest BCUT2D eigenvalue weighted by atomic mass is 9.86. The molecule has 5 nitrogen and oxygen atoms in total. The van der Waals surface area contributed by atoms with Crippen molar-refractivity contribution in [3.63, 3.8) is 0 Å². The standard InChI is InChI=1S/C21H35N3O2.HI/c1-6-22-20(24-13-11-17(15-24)16-25-5)23-12-14-26-19-10-8-7-9-18(19)21(2,3)4;/h7-10,17H,6,11-16H2,1-5H3,(H,22,23);1H. The zero-order valence-corrected chi connectivity index (χ0v) is 19.8. The van der Waals surface area contributed by atoms with Crippen molar-refractivity contribution in [2.24, 2.45) is 10.9 Å². The van der Waals surface area contributed by atoms with E-state index in [-0.39, 0.29) is 29.4 Å². The smallest absolute Gasteiger partial charge is 0.194 e. The Morgan fingerprint density at radius 1 is 1.30 bits per heavy atom. The summed E-state index contributed by atoms with van der Waals surface area (Å²) in [7, 11) is 1.77. The molecule has 0 amide bonds. The number of hydrogen-bond donors (Lipinski definition) is 1. The van der Waals surface area contributed by atoms with E-state index in [4.69, 9.17) is 14.5 Å². The number of para-hydroxylation sites is 1. The molecular weight excluding hydrogens is 453 g/mol. The van der Waals surface area contributed by atoms with E-state index in [9.17, 15) is 0 Å². The molecule has 1 aliphatic rings. The number of benzene rings is 1. The highest BCUT2D eigenvalue weighted by molar-refractivity contribution is 14.0. The molecule has 27 heavy (non-hydrogen) atoms. The Balaban J connectivity index is 0.00000364. The van der Waals surface area contributed by atoms with Crippen LogP contribution in [0.15, 0.2) is 29.3 Å². The van der Waals surface area contributed by atoms with Gasteiger partial charge in [0.25, 0.3) is 0 Å². The van der Waals surface area contributed by atoms with Crippen molar-refractivity contribution in [3.05, 3.63) is 29.8 Å². The monoisotopic (exact) mass is 489 g/mol. The summed E-state index contributed by atoms with van der Waals surface area (Å²) in [6, 6.07) is 8.28. The van der Waals surface area contributed by atoms with E-state index in [1.165, 1.54) is 5.56 Å². The van der Waals surface area contributed by atoms with Gasteiger partial charge in [0.2, 0.25) is 0 Å². The fourth-order valence-electron chi connectivity index (χ4n) is 3.34. The molecule has 1 N–H and O–H groups in total. The third-order valence-electron chi connectivity index (χ3n) is 4.63. The lowest BCUT2D eigenvalue weighted by molar-refractivity contribution is 0.157. The number of aliphatic imine (C=N–C) groups is 1. The first-order chi connectivity index (χ1) is 12.5. The quantitative estimate of drug-likeness (QED) is 0.273. The van der Waals surface area contributed by atoms with Crippen molar-refractivity contribution in [2.75, 3.05) is 46.5 Å². The Hall–Kier alpha value is -1.02. The SMILES string of the molecule is CCNC(=NCCOc1ccccc1C(C)(C)C)N1CCC(COC)C1.I. The molecule has 1 aromatic rings. The average molecular weight is 489 g/mol. The van der Waals surface area contributed by atoms with Gasteiger partial charge in [0, 0.05) is 32.7 Å². The second kappa shape index (κ2) is 11.7. The summed E-state index contributed by atoms with van der Waals surface area (Å²) in [6.45, 7) is 13.7. The Morgan fingerprint density at radius 2 is 2.04 bits per heavy atom. The van der Waals surface area contributed by atoms with Gasteiger partial charge in [-0.25, -0.2) is 4.99 Å². The summed E-state index contributed by atoms with van der Waals surface area (Å²) in [5, 5.41) is 3.40. The molecule has 0 spiro atoms. The predicted octanol–water partition coefficient (Wildman–Crippen LogP) is 3.91. The molecule has 154 valence electrons. The number of nitrogens with zero attached hydrogens (tertiary/aromatic N) is 2. The largest absolute Gasteiger partial charge is 0.491 e. The van der Waals surface area contributed by atoms with Gasteiger partial charge in [-0.3, -0.25) is 0 Å². The highest BCUT2D eigenvalue weighted by atomic mass is 127. The van der Waals surface area contributed by atoms with Crippen LogP contribution < -0.4 is 10.1 Å². The van der Waals surface area contributed by atoms with Crippen molar-refractivity contribution in [1.29, 1.82) is 0 Å². The Morgan fingerprint density at radius 3 is 2.70 bits per heavy atom. The maximum absolute atomic E-state index is 6.04. The molecule has 1 heterocycles. The van der Waals surface area contributed by atoms with Crippen molar-refractivity contribution >= 4 is 29.9 Å². The van der Waals surface area contributed by atoms with Gasteiger partial charge in [0.05, 0.1) is 13.2 Å². The molecule has 0 bridgehead atoms. The molecule has 0 saturated carbocycles. The van der Waals surface area contributed by atoms with Gasteiger partial charge in [-0.1, -0.05) is 39.0 Å². The van der Waals surface area contributed by atoms with Gasteiger partial charge in [-0.15, -0.1) is 24.0 Å². The minimum atomic E-state index is 0. The molecule has 1 unspecified atom stereocenters. The summed E-state index contributed by atoms with van der Waals surface area (Å²) in [4.78, 5) is 7.09. The maximum atomic E-state index is 6.04. The number of methoxy groups -OCH3 is 1. The lowest BCUT2D eigenvalue weighted by Gasteiger charge is -2.23. The van der Waals surface area contributed by atoms with Gasteiger partial charge >= 0.3 is 0 Å². The number of rotatable bonds is 7. The van der Waals surface area contributed by atoms with Crippen LogP contribution >= 0.6 is 24.0 Å². The van der Waals surface area contributed by atoms with E-state index >= 15 is 0 Å². The second-order valence-electron chi connectivity index (χ2n) is 7.89. The third kappa shape index (κ3) is 7.49. The fraction of sp³-hybridized carbons (Fsp3) is 0.667. The van der Waals surface area contributed by atoms with Gasteiger partial charge in [0.15, 0.2) is 5.96 Å². The molecule has 1 atom stereocenters. The van der Waals surface area contributed by atoms with Crippen molar-refractivity contribution in [1.82, 2.24) is 10.2 Å². The summed E-state index contributed by atoms with van der Waals surface area (Å²) in [5.41, 5.74) is 1.30. The number of likely N-dealkylation sites (tertiary alicyclic amines) is 1. The van der Waals surface area contributed by atoms with Crippen molar-refractivity contribution in [2.45, 2.75) is 39.5 Å². The number of ether oxygens (including phenoxy) is 2. The minimum Gasteiger partial charge on any atom is -0.491 e. The number of guanidine groups is 1. The van der Waals surface area contributed by atoms with Crippen LogP contribution in [0.5, 0.6) is 5.75 Å². The van der Waals surface area contributed by atoms with Gasteiger partial charge in [0.1, 0.15) is 12.4 Å². The molecule has 1 fully saturated rings. The molecule has 0 aromatic heterocycles. The van der Waals surface area contributed by atoms with Crippen LogP contribution in [-0.4, -0.2) is 57.4 Å². The zero-order chi connectivity index (χ0) is 19.0. The fourth-order valence-corrected chi connectivity index (χ4v) is 3.34. The molecule has 0 radical (unpaired) electrons. The van der Waals surface area contributed by atoms with E-state index in [1.54, 1.807) is 7.11 Å². The van der Waals surface area contributed by atoms with Gasteiger partial charge < -0.3 is 19.7 Å². The summed E-state index contributed by atoms with van der Waals surface area (Å²) in [6.07, 6.45) is 1.16. The number of halogens is 1. The Kier molecular flexibility index (Phi) is 10.4. The topological polar surface area (TPSA) is 46.1 Å². The van der Waals surface area contributed by atoms with Crippen molar-refractivity contribution in [3.8, 4) is 5.75 Å². The van der Waals surface area contributed by atoms with Crippen LogP contribution in [0, 0.1) is 5.92 Å². The summed E-state index contributed by atoms with van der Waals surface area (Å²) in [5.74, 6) is 2.54. The minimum absolute atomic E-state index is 0. The molecule has 1 aliphatic heterocycles. The van der Waals surface area contributed by atoms with Crippen LogP contribution in [-0.2, 0) is 10.2 Å². The predicted molar refractivity (Wildman–Crippen MR) is 124 cm³/mol. The van der Waals surface area contributed by atoms with E-state index in [0.717, 1.165) is 44.4 Å². The Labute approximate surface area is 181 Å². The number of nitrogens with one attached hydrogen (secondary N) is 1. The summed E-state index contributed by atoms with van der Waals surface area (Å²) >= 11 is 0. The molecule has 1 saturated heterocycles. The van der Waals surface area contributed by atoms with Crippen LogP contribution in [0.2, 0.25) is 0 Å². The summed E-state index contributed by atoms with van der Waals surface area (Å²) < 4.78 is 11.3. The van der Waals surface area contributed by atoms with Crippen molar-refractivity contribution < 1.29 is 9.47 Å². The molecular formula is C21H36IN3O2. The van der Waals surface area contributed by atoms with Crippen LogP contribution in [0.25, 0.3) is 0 Å². The van der Waals surface area contributed by atoms with Crippen LogP contribution in [0.3, 0.4) is 0 Å². The normalized spacial score (nSPS) is 17.6. The molecule has 1 aromatic carbocycles. The highest BCUT2D eigenvalue weighted by Crippen LogP contribution is 2.30. The third-order valence-corrected chi connectivity index (χ3v) is 4.63. The van der Waals surface area contributed by atoms with E-state index in [0.29, 0.717) is 19.1 Å². The maximum Gasteiger partial charge on any atom is 0.194 e. The zero-order valence-electron chi connectivity index (χ0n) is 17.5. The first-order valence-corrected chi connectivity index (χ1v) is 9.70. The Bertz CT molecular complexity index is 587. The van der Waals surface area contributed by atoms with E-state index < -0.39 is 0 Å². The van der Waals surface area contributed by atoms with Gasteiger partial charge in [-0.05, 0) is 30.4 Å². The van der Waals surface area contributed by atoms with E-state index in [2.05, 4.69) is 50.0 Å². The average Bonchev–Trinajstić information content (AvgIpc) is 3.06. The molecule has 2 rings (SSSR count). The van der Waals surface area contributed by atoms with Crippen LogP contribution in [0.1, 0.15) is 39.7 Å². The second-order valence-corrected chi connectivity index (χ2v) is 7.89.